The lowest BCUT2D eigenvalue weighted by atomic mass is 10.1. The van der Waals surface area contributed by atoms with Gasteiger partial charge in [-0.05, 0) is 11.6 Å². The average molecular weight is 239 g/mol. The lowest BCUT2D eigenvalue weighted by Crippen LogP contribution is -2.08. The Kier molecular flexibility index (Phi) is 2.75. The van der Waals surface area contributed by atoms with Crippen molar-refractivity contribution in [3.8, 4) is 16.9 Å². The summed E-state index contributed by atoms with van der Waals surface area (Å²) >= 11 is 0. The van der Waals surface area contributed by atoms with Crippen LogP contribution in [0.15, 0.2) is 42.6 Å². The van der Waals surface area contributed by atoms with Gasteiger partial charge in [0.1, 0.15) is 5.75 Å². The monoisotopic (exact) mass is 239 g/mol. The first kappa shape index (κ1) is 11.4. The summed E-state index contributed by atoms with van der Waals surface area (Å²) in [4.78, 5) is 3.25. The molecule has 1 N–H and O–H groups in total. The van der Waals surface area contributed by atoms with E-state index in [4.69, 9.17) is 0 Å². The van der Waals surface area contributed by atoms with Crippen molar-refractivity contribution in [1.82, 2.24) is 4.98 Å². The fourth-order valence-electron chi connectivity index (χ4n) is 1.46. The molecule has 2 nitrogen and oxygen atoms in total. The van der Waals surface area contributed by atoms with E-state index in [1.54, 1.807) is 30.3 Å². The fourth-order valence-corrected chi connectivity index (χ4v) is 1.46. The molecule has 0 spiro atoms. The zero-order valence-electron chi connectivity index (χ0n) is 8.57. The molecule has 88 valence electrons. The van der Waals surface area contributed by atoms with Crippen LogP contribution >= 0.6 is 0 Å². The van der Waals surface area contributed by atoms with E-state index in [9.17, 15) is 18.3 Å². The Bertz CT molecular complexity index is 523. The summed E-state index contributed by atoms with van der Waals surface area (Å²) in [6.45, 7) is 0. The Morgan fingerprint density at radius 3 is 2.18 bits per heavy atom. The number of nitrogens with zero attached hydrogens (tertiary/aromatic N) is 1. The average Bonchev–Trinajstić information content (AvgIpc) is 2.28. The number of aromatic hydroxyl groups is 1. The Morgan fingerprint density at radius 1 is 1.00 bits per heavy atom. The van der Waals surface area contributed by atoms with Gasteiger partial charge in [0.25, 0.3) is 0 Å². The van der Waals surface area contributed by atoms with E-state index in [1.165, 1.54) is 0 Å². The van der Waals surface area contributed by atoms with Gasteiger partial charge in [-0.15, -0.1) is 0 Å². The van der Waals surface area contributed by atoms with Gasteiger partial charge >= 0.3 is 6.18 Å². The van der Waals surface area contributed by atoms with Crippen LogP contribution in [0.25, 0.3) is 11.1 Å². The predicted molar refractivity (Wildman–Crippen MR) is 56.3 cm³/mol. The topological polar surface area (TPSA) is 33.1 Å². The number of pyridine rings is 1. The quantitative estimate of drug-likeness (QED) is 0.826. The molecule has 0 saturated heterocycles. The molecule has 0 bridgehead atoms. The lowest BCUT2D eigenvalue weighted by Gasteiger charge is -2.09. The molecule has 0 amide bonds. The number of alkyl halides is 3. The normalized spacial score (nSPS) is 11.5. The minimum atomic E-state index is -4.64. The second-order valence-electron chi connectivity index (χ2n) is 3.46. The summed E-state index contributed by atoms with van der Waals surface area (Å²) in [5.41, 5.74) is -0.127. The lowest BCUT2D eigenvalue weighted by molar-refractivity contribution is -0.142. The van der Waals surface area contributed by atoms with Crippen LogP contribution in [0.4, 0.5) is 13.2 Å². The van der Waals surface area contributed by atoms with Crippen LogP contribution in [0.1, 0.15) is 5.69 Å². The summed E-state index contributed by atoms with van der Waals surface area (Å²) in [5.74, 6) is -0.862. The van der Waals surface area contributed by atoms with Gasteiger partial charge in [-0.25, -0.2) is 4.98 Å². The van der Waals surface area contributed by atoms with Crippen molar-refractivity contribution in [3.63, 3.8) is 0 Å². The molecule has 0 radical (unpaired) electrons. The molecular weight excluding hydrogens is 231 g/mol. The number of hydrogen-bond donors (Lipinski definition) is 1. The summed E-state index contributed by atoms with van der Waals surface area (Å²) in [5, 5.41) is 9.31. The van der Waals surface area contributed by atoms with Crippen LogP contribution in [0, 0.1) is 0 Å². The Hall–Kier alpha value is -2.04. The second kappa shape index (κ2) is 4.08. The smallest absolute Gasteiger partial charge is 0.437 e. The highest BCUT2D eigenvalue weighted by Gasteiger charge is 2.35. The van der Waals surface area contributed by atoms with Crippen molar-refractivity contribution in [2.45, 2.75) is 6.18 Å². The van der Waals surface area contributed by atoms with Crippen LogP contribution < -0.4 is 0 Å². The molecule has 17 heavy (non-hydrogen) atoms. The molecule has 1 aromatic carbocycles. The van der Waals surface area contributed by atoms with E-state index >= 15 is 0 Å². The van der Waals surface area contributed by atoms with Crippen molar-refractivity contribution in [3.05, 3.63) is 48.3 Å². The van der Waals surface area contributed by atoms with Crippen molar-refractivity contribution >= 4 is 0 Å². The molecule has 2 aromatic rings. The van der Waals surface area contributed by atoms with E-state index in [2.05, 4.69) is 4.98 Å². The number of aromatic nitrogens is 1. The van der Waals surface area contributed by atoms with Crippen LogP contribution in [-0.2, 0) is 6.18 Å². The van der Waals surface area contributed by atoms with Crippen LogP contribution in [0.3, 0.4) is 0 Å². The highest BCUT2D eigenvalue weighted by molar-refractivity contribution is 5.64. The number of benzene rings is 1. The second-order valence-corrected chi connectivity index (χ2v) is 3.46. The molecule has 1 aromatic heterocycles. The third kappa shape index (κ3) is 2.38. The number of halogens is 3. The maximum absolute atomic E-state index is 12.4. The summed E-state index contributed by atoms with van der Waals surface area (Å²) < 4.78 is 37.1. The fraction of sp³-hybridized carbons (Fsp3) is 0.0833. The maximum atomic E-state index is 12.4. The zero-order chi connectivity index (χ0) is 12.5. The van der Waals surface area contributed by atoms with E-state index in [-0.39, 0.29) is 0 Å². The van der Waals surface area contributed by atoms with Crippen LogP contribution in [0.5, 0.6) is 5.75 Å². The first-order valence-corrected chi connectivity index (χ1v) is 4.80. The zero-order valence-corrected chi connectivity index (χ0v) is 8.57. The van der Waals surface area contributed by atoms with E-state index in [0.29, 0.717) is 11.1 Å². The maximum Gasteiger partial charge on any atom is 0.437 e. The molecule has 0 fully saturated rings. The van der Waals surface area contributed by atoms with Crippen LogP contribution in [0.2, 0.25) is 0 Å². The molecule has 0 unspecified atom stereocenters. The van der Waals surface area contributed by atoms with E-state index in [1.807, 2.05) is 0 Å². The van der Waals surface area contributed by atoms with Crippen molar-refractivity contribution < 1.29 is 18.3 Å². The van der Waals surface area contributed by atoms with Gasteiger partial charge in [0.15, 0.2) is 5.69 Å². The van der Waals surface area contributed by atoms with Gasteiger partial charge in [0, 0.05) is 11.8 Å². The Balaban J connectivity index is 2.45. The van der Waals surface area contributed by atoms with Gasteiger partial charge in [0.05, 0.1) is 0 Å². The Labute approximate surface area is 95.4 Å². The van der Waals surface area contributed by atoms with Gasteiger partial charge in [0.2, 0.25) is 0 Å². The number of rotatable bonds is 1. The van der Waals surface area contributed by atoms with Crippen molar-refractivity contribution in [1.29, 1.82) is 0 Å². The molecule has 5 heteroatoms. The Morgan fingerprint density at radius 2 is 1.65 bits per heavy atom. The summed E-state index contributed by atoms with van der Waals surface area (Å²) in [6, 6.07) is 9.81. The van der Waals surface area contributed by atoms with E-state index < -0.39 is 17.6 Å². The van der Waals surface area contributed by atoms with Crippen LogP contribution in [-0.4, -0.2) is 10.1 Å². The highest BCUT2D eigenvalue weighted by Crippen LogP contribution is 2.35. The molecule has 1 heterocycles. The minimum Gasteiger partial charge on any atom is -0.506 e. The highest BCUT2D eigenvalue weighted by atomic mass is 19.4. The number of hydrogen-bond acceptors (Lipinski definition) is 2. The standard InChI is InChI=1S/C12H8F3NO/c13-12(14,15)11-10(17)6-9(7-16-11)8-4-2-1-3-5-8/h1-7,17H. The minimum absolute atomic E-state index is 0.441. The molecular formula is C12H8F3NO. The van der Waals surface area contributed by atoms with Crippen molar-refractivity contribution in [2.24, 2.45) is 0 Å². The third-order valence-corrected chi connectivity index (χ3v) is 2.24. The molecule has 2 rings (SSSR count). The van der Waals surface area contributed by atoms with E-state index in [0.717, 1.165) is 12.3 Å². The van der Waals surface area contributed by atoms with Crippen molar-refractivity contribution in [2.75, 3.05) is 0 Å². The first-order chi connectivity index (χ1) is 7.98. The summed E-state index contributed by atoms with van der Waals surface area (Å²) in [6.07, 6.45) is -3.54. The molecule has 0 saturated carbocycles. The SMILES string of the molecule is Oc1cc(-c2ccccc2)cnc1C(F)(F)F. The summed E-state index contributed by atoms with van der Waals surface area (Å²) in [7, 11) is 0. The first-order valence-electron chi connectivity index (χ1n) is 4.80. The van der Waals surface area contributed by atoms with Gasteiger partial charge in [-0.3, -0.25) is 0 Å². The molecule has 0 aliphatic carbocycles. The van der Waals surface area contributed by atoms with Gasteiger partial charge in [-0.1, -0.05) is 30.3 Å². The molecule has 0 atom stereocenters. The van der Waals surface area contributed by atoms with Gasteiger partial charge in [-0.2, -0.15) is 13.2 Å². The molecule has 0 aliphatic heterocycles. The van der Waals surface area contributed by atoms with Gasteiger partial charge < -0.3 is 5.11 Å². The largest absolute Gasteiger partial charge is 0.506 e. The predicted octanol–water partition coefficient (Wildman–Crippen LogP) is 3.47. The third-order valence-electron chi connectivity index (χ3n) is 2.24. The molecule has 0 aliphatic rings.